The highest BCUT2D eigenvalue weighted by Gasteiger charge is 2.11. The van der Waals surface area contributed by atoms with Crippen molar-refractivity contribution in [2.24, 2.45) is 0 Å². The maximum atomic E-state index is 9.32. The first-order valence-electron chi connectivity index (χ1n) is 6.71. The molecule has 3 nitrogen and oxygen atoms in total. The molecule has 1 aromatic carbocycles. The summed E-state index contributed by atoms with van der Waals surface area (Å²) in [6.07, 6.45) is 1.05. The molecule has 0 saturated carbocycles. The molecule has 3 heteroatoms. The average molecular weight is 250 g/mol. The van der Waals surface area contributed by atoms with Gasteiger partial charge in [-0.3, -0.25) is 0 Å². The molecule has 0 aliphatic rings. The van der Waals surface area contributed by atoms with E-state index in [0.29, 0.717) is 6.04 Å². The topological polar surface area (TPSA) is 35.5 Å². The van der Waals surface area contributed by atoms with Crippen LogP contribution in [0.1, 0.15) is 19.4 Å². The molecule has 0 aliphatic heterocycles. The zero-order valence-corrected chi connectivity index (χ0v) is 11.8. The Bertz CT molecular complexity index is 314. The Balaban J connectivity index is 2.30. The molecule has 18 heavy (non-hydrogen) atoms. The quantitative estimate of drug-likeness (QED) is 0.734. The first-order valence-corrected chi connectivity index (χ1v) is 6.71. The number of nitrogens with one attached hydrogen (secondary N) is 1. The zero-order chi connectivity index (χ0) is 13.4. The van der Waals surface area contributed by atoms with Crippen LogP contribution in [-0.4, -0.2) is 48.8 Å². The fourth-order valence-corrected chi connectivity index (χ4v) is 2.07. The molecule has 1 aromatic rings. The van der Waals surface area contributed by atoms with E-state index < -0.39 is 0 Å². The van der Waals surface area contributed by atoms with Crippen molar-refractivity contribution in [3.8, 4) is 0 Å². The highest BCUT2D eigenvalue weighted by Crippen LogP contribution is 2.01. The smallest absolute Gasteiger partial charge is 0.0597 e. The average Bonchev–Trinajstić information content (AvgIpc) is 2.36. The van der Waals surface area contributed by atoms with Crippen molar-refractivity contribution in [3.05, 3.63) is 35.9 Å². The minimum atomic E-state index is 0.158. The van der Waals surface area contributed by atoms with Crippen LogP contribution in [0.4, 0.5) is 0 Å². The van der Waals surface area contributed by atoms with Gasteiger partial charge in [-0.25, -0.2) is 0 Å². The second-order valence-electron chi connectivity index (χ2n) is 5.20. The lowest BCUT2D eigenvalue weighted by Crippen LogP contribution is -2.45. The lowest BCUT2D eigenvalue weighted by Gasteiger charge is -2.25. The third-order valence-corrected chi connectivity index (χ3v) is 2.95. The largest absolute Gasteiger partial charge is 0.395 e. The summed E-state index contributed by atoms with van der Waals surface area (Å²) in [6, 6.07) is 11.1. The molecule has 0 radical (unpaired) electrons. The fraction of sp³-hybridized carbons (Fsp3) is 0.600. The minimum absolute atomic E-state index is 0.158. The lowest BCUT2D eigenvalue weighted by molar-refractivity contribution is 0.193. The van der Waals surface area contributed by atoms with Gasteiger partial charge in [0.1, 0.15) is 0 Å². The van der Waals surface area contributed by atoms with Crippen molar-refractivity contribution >= 4 is 0 Å². The molecule has 0 spiro atoms. The maximum absolute atomic E-state index is 9.32. The summed E-state index contributed by atoms with van der Waals surface area (Å²) in [6.45, 7) is 6.29. The van der Waals surface area contributed by atoms with E-state index in [1.807, 2.05) is 6.07 Å². The van der Waals surface area contributed by atoms with Crippen molar-refractivity contribution in [2.45, 2.75) is 32.4 Å². The van der Waals surface area contributed by atoms with Crippen molar-refractivity contribution < 1.29 is 5.11 Å². The van der Waals surface area contributed by atoms with Gasteiger partial charge in [-0.1, -0.05) is 44.2 Å². The summed E-state index contributed by atoms with van der Waals surface area (Å²) < 4.78 is 0. The molecule has 1 unspecified atom stereocenters. The normalized spacial score (nSPS) is 13.2. The first-order chi connectivity index (χ1) is 8.61. The molecule has 2 N–H and O–H groups in total. The van der Waals surface area contributed by atoms with Crippen LogP contribution in [0.15, 0.2) is 30.3 Å². The van der Waals surface area contributed by atoms with Gasteiger partial charge in [-0.2, -0.15) is 0 Å². The van der Waals surface area contributed by atoms with E-state index in [9.17, 15) is 5.11 Å². The van der Waals surface area contributed by atoms with E-state index in [1.54, 1.807) is 0 Å². The van der Waals surface area contributed by atoms with Crippen LogP contribution < -0.4 is 5.32 Å². The van der Waals surface area contributed by atoms with Gasteiger partial charge in [0.2, 0.25) is 0 Å². The van der Waals surface area contributed by atoms with Crippen molar-refractivity contribution in [2.75, 3.05) is 26.7 Å². The van der Waals surface area contributed by atoms with Crippen LogP contribution in [0.3, 0.4) is 0 Å². The Labute approximate surface area is 111 Å². The van der Waals surface area contributed by atoms with Crippen molar-refractivity contribution in [3.63, 3.8) is 0 Å². The van der Waals surface area contributed by atoms with Gasteiger partial charge in [-0.15, -0.1) is 0 Å². The summed E-state index contributed by atoms with van der Waals surface area (Å²) in [5.41, 5.74) is 1.36. The standard InChI is InChI=1S/C15H26N2O/c1-13(2)16-15(12-18)11-17(3)10-9-14-7-5-4-6-8-14/h4-8,13,15-16,18H,9-12H2,1-3H3. The summed E-state index contributed by atoms with van der Waals surface area (Å²) in [5, 5.41) is 12.7. The summed E-state index contributed by atoms with van der Waals surface area (Å²) in [5.74, 6) is 0. The second kappa shape index (κ2) is 8.25. The number of aliphatic hydroxyl groups excluding tert-OH is 1. The number of hydrogen-bond acceptors (Lipinski definition) is 3. The summed E-state index contributed by atoms with van der Waals surface area (Å²) in [4.78, 5) is 2.27. The molecule has 0 aliphatic carbocycles. The van der Waals surface area contributed by atoms with E-state index in [2.05, 4.69) is 55.4 Å². The number of likely N-dealkylation sites (N-methyl/N-ethyl adjacent to an activating group) is 1. The molecular formula is C15H26N2O. The number of rotatable bonds is 8. The molecule has 0 fully saturated rings. The van der Waals surface area contributed by atoms with Gasteiger partial charge in [0.15, 0.2) is 0 Å². The third kappa shape index (κ3) is 6.15. The SMILES string of the molecule is CC(C)NC(CO)CN(C)CCc1ccccc1. The van der Waals surface area contributed by atoms with Crippen LogP contribution in [0.2, 0.25) is 0 Å². The summed E-state index contributed by atoms with van der Waals surface area (Å²) >= 11 is 0. The van der Waals surface area contributed by atoms with Crippen LogP contribution in [-0.2, 0) is 6.42 Å². The molecule has 1 atom stereocenters. The van der Waals surface area contributed by atoms with Crippen LogP contribution in [0.5, 0.6) is 0 Å². The maximum Gasteiger partial charge on any atom is 0.0597 e. The van der Waals surface area contributed by atoms with Crippen LogP contribution in [0, 0.1) is 0 Å². The van der Waals surface area contributed by atoms with Gasteiger partial charge in [0.05, 0.1) is 6.61 Å². The lowest BCUT2D eigenvalue weighted by atomic mass is 10.1. The van der Waals surface area contributed by atoms with Crippen LogP contribution >= 0.6 is 0 Å². The number of hydrogen-bond donors (Lipinski definition) is 2. The molecule has 0 amide bonds. The predicted octanol–water partition coefficient (Wildman–Crippen LogP) is 1.52. The minimum Gasteiger partial charge on any atom is -0.395 e. The highest BCUT2D eigenvalue weighted by atomic mass is 16.3. The van der Waals surface area contributed by atoms with E-state index >= 15 is 0 Å². The molecular weight excluding hydrogens is 224 g/mol. The zero-order valence-electron chi connectivity index (χ0n) is 11.8. The van der Waals surface area contributed by atoms with Crippen LogP contribution in [0.25, 0.3) is 0 Å². The van der Waals surface area contributed by atoms with E-state index in [4.69, 9.17) is 0 Å². The molecule has 1 rings (SSSR count). The highest BCUT2D eigenvalue weighted by molar-refractivity contribution is 5.14. The summed E-state index contributed by atoms with van der Waals surface area (Å²) in [7, 11) is 2.10. The predicted molar refractivity (Wildman–Crippen MR) is 76.8 cm³/mol. The van der Waals surface area contributed by atoms with Gasteiger partial charge in [0, 0.05) is 25.2 Å². The number of benzene rings is 1. The Hall–Kier alpha value is -0.900. The third-order valence-electron chi connectivity index (χ3n) is 2.95. The molecule has 0 heterocycles. The Kier molecular flexibility index (Phi) is 6.94. The van der Waals surface area contributed by atoms with E-state index in [-0.39, 0.29) is 12.6 Å². The van der Waals surface area contributed by atoms with Gasteiger partial charge < -0.3 is 15.3 Å². The molecule has 0 bridgehead atoms. The first kappa shape index (κ1) is 15.2. The molecule has 102 valence electrons. The number of aliphatic hydroxyl groups is 1. The van der Waals surface area contributed by atoms with E-state index in [1.165, 1.54) is 5.56 Å². The molecule has 0 aromatic heterocycles. The van der Waals surface area contributed by atoms with Crippen molar-refractivity contribution in [1.29, 1.82) is 0 Å². The Morgan fingerprint density at radius 1 is 1.22 bits per heavy atom. The van der Waals surface area contributed by atoms with Crippen molar-refractivity contribution in [1.82, 2.24) is 10.2 Å². The van der Waals surface area contributed by atoms with Gasteiger partial charge >= 0.3 is 0 Å². The van der Waals surface area contributed by atoms with E-state index in [0.717, 1.165) is 19.5 Å². The molecule has 0 saturated heterocycles. The monoisotopic (exact) mass is 250 g/mol. The Morgan fingerprint density at radius 3 is 2.44 bits per heavy atom. The second-order valence-corrected chi connectivity index (χ2v) is 5.20. The van der Waals surface area contributed by atoms with Gasteiger partial charge in [-0.05, 0) is 19.0 Å². The number of nitrogens with zero attached hydrogens (tertiary/aromatic N) is 1. The fourth-order valence-electron chi connectivity index (χ4n) is 2.07. The van der Waals surface area contributed by atoms with Gasteiger partial charge in [0.25, 0.3) is 0 Å². The Morgan fingerprint density at radius 2 is 1.89 bits per heavy atom.